The average molecular weight is 423 g/mol. The summed E-state index contributed by atoms with van der Waals surface area (Å²) >= 11 is -2.14. The predicted octanol–water partition coefficient (Wildman–Crippen LogP) is 1.59. The molecule has 0 N–H and O–H groups in total. The summed E-state index contributed by atoms with van der Waals surface area (Å²) in [6.07, 6.45) is 1.28. The lowest BCUT2D eigenvalue weighted by Crippen LogP contribution is -2.54. The van der Waals surface area contributed by atoms with Gasteiger partial charge in [-0.3, -0.25) is 23.5 Å². The molecule has 1 saturated heterocycles. The minimum Gasteiger partial charge on any atom is -0.771 e. The minimum absolute atomic E-state index is 0.215. The lowest BCUT2D eigenvalue weighted by atomic mass is 9.83. The molecule has 30 heavy (non-hydrogen) atoms. The van der Waals surface area contributed by atoms with E-state index in [4.69, 9.17) is 0 Å². The number of piperazine rings is 1. The SMILES string of the molecule is O=C1c2ccccc2C(=O)c2cc(C(=O)N3CCN(C4(S(=O)[O-])CC4)CC3)ccc21. The van der Waals surface area contributed by atoms with Crippen LogP contribution >= 0.6 is 0 Å². The lowest BCUT2D eigenvalue weighted by molar-refractivity contribution is 0.0603. The van der Waals surface area contributed by atoms with Crippen LogP contribution in [0.3, 0.4) is 0 Å². The fraction of sp³-hybridized carbons (Fsp3) is 0.318. The van der Waals surface area contributed by atoms with Crippen LogP contribution in [0.25, 0.3) is 0 Å². The van der Waals surface area contributed by atoms with Crippen LogP contribution in [0.1, 0.15) is 55.0 Å². The van der Waals surface area contributed by atoms with Gasteiger partial charge in [-0.15, -0.1) is 0 Å². The molecule has 154 valence electrons. The van der Waals surface area contributed by atoms with E-state index >= 15 is 0 Å². The third-order valence-electron chi connectivity index (χ3n) is 6.30. The molecule has 0 bridgehead atoms. The molecular formula is C22H19N2O5S-. The molecule has 0 spiro atoms. The van der Waals surface area contributed by atoms with Gasteiger partial charge in [0.25, 0.3) is 5.91 Å². The summed E-state index contributed by atoms with van der Waals surface area (Å²) in [4.78, 5) is 41.5. The van der Waals surface area contributed by atoms with Crippen LogP contribution in [0.5, 0.6) is 0 Å². The summed E-state index contributed by atoms with van der Waals surface area (Å²) in [6, 6.07) is 11.3. The molecule has 3 aliphatic rings. The standard InChI is InChI=1S/C22H20N2O5S/c25-19-15-3-1-2-4-16(15)20(26)18-13-14(5-6-17(18)19)21(27)23-9-11-24(12-10-23)22(7-8-22)30(28)29/h1-6,13H,7-12H2,(H,28,29)/p-1. The van der Waals surface area contributed by atoms with Crippen molar-refractivity contribution in [2.24, 2.45) is 0 Å². The van der Waals surface area contributed by atoms with Gasteiger partial charge in [0.2, 0.25) is 0 Å². The van der Waals surface area contributed by atoms with E-state index in [1.54, 1.807) is 41.3 Å². The van der Waals surface area contributed by atoms with Crippen LogP contribution in [0.15, 0.2) is 42.5 Å². The molecule has 7 nitrogen and oxygen atoms in total. The predicted molar refractivity (Wildman–Crippen MR) is 108 cm³/mol. The van der Waals surface area contributed by atoms with Crippen LogP contribution in [-0.2, 0) is 11.1 Å². The van der Waals surface area contributed by atoms with Gasteiger partial charge < -0.3 is 9.45 Å². The Kier molecular flexibility index (Phi) is 4.46. The molecule has 8 heteroatoms. The molecule has 1 atom stereocenters. The van der Waals surface area contributed by atoms with Crippen molar-refractivity contribution >= 4 is 28.6 Å². The summed E-state index contributed by atoms with van der Waals surface area (Å²) in [7, 11) is 0. The zero-order valence-electron chi connectivity index (χ0n) is 16.1. The van der Waals surface area contributed by atoms with Gasteiger partial charge in [-0.05, 0) is 42.1 Å². The van der Waals surface area contributed by atoms with E-state index in [0.717, 1.165) is 0 Å². The maximum Gasteiger partial charge on any atom is 0.253 e. The zero-order valence-corrected chi connectivity index (χ0v) is 16.9. The minimum atomic E-state index is -2.14. The van der Waals surface area contributed by atoms with Crippen LogP contribution < -0.4 is 0 Å². The molecule has 1 unspecified atom stereocenters. The molecule has 5 rings (SSSR count). The third kappa shape index (κ3) is 2.86. The molecule has 2 aromatic rings. The summed E-state index contributed by atoms with van der Waals surface area (Å²) in [5.41, 5.74) is 1.66. The van der Waals surface area contributed by atoms with Gasteiger partial charge in [0.05, 0.1) is 4.87 Å². The van der Waals surface area contributed by atoms with Gasteiger partial charge in [0.15, 0.2) is 11.6 Å². The normalized spacial score (nSPS) is 21.0. The monoisotopic (exact) mass is 423 g/mol. The van der Waals surface area contributed by atoms with Crippen LogP contribution in [0, 0.1) is 0 Å². The first-order valence-corrected chi connectivity index (χ1v) is 11.0. The first-order valence-electron chi connectivity index (χ1n) is 9.88. The highest BCUT2D eigenvalue weighted by atomic mass is 32.2. The molecule has 1 aliphatic heterocycles. The molecule has 2 aliphatic carbocycles. The van der Waals surface area contributed by atoms with E-state index in [1.165, 1.54) is 6.07 Å². The van der Waals surface area contributed by atoms with Crippen molar-refractivity contribution in [3.05, 3.63) is 70.3 Å². The van der Waals surface area contributed by atoms with Gasteiger partial charge in [-0.1, -0.05) is 24.3 Å². The van der Waals surface area contributed by atoms with Gasteiger partial charge in [0, 0.05) is 54.0 Å². The number of carbonyl (C=O) groups excluding carboxylic acids is 3. The fourth-order valence-electron chi connectivity index (χ4n) is 4.43. The fourth-order valence-corrected chi connectivity index (χ4v) is 5.26. The molecule has 0 radical (unpaired) electrons. The Morgan fingerprint density at radius 1 is 0.867 bits per heavy atom. The molecule has 1 amide bonds. The van der Waals surface area contributed by atoms with Gasteiger partial charge in [0.1, 0.15) is 0 Å². The van der Waals surface area contributed by atoms with Crippen molar-refractivity contribution in [2.45, 2.75) is 17.7 Å². The second-order valence-electron chi connectivity index (χ2n) is 7.92. The summed E-state index contributed by atoms with van der Waals surface area (Å²) in [5.74, 6) is -0.689. The van der Waals surface area contributed by atoms with Gasteiger partial charge >= 0.3 is 0 Å². The number of carbonyl (C=O) groups is 3. The Labute approximate surface area is 176 Å². The quantitative estimate of drug-likeness (QED) is 0.594. The second kappa shape index (κ2) is 6.94. The second-order valence-corrected chi connectivity index (χ2v) is 9.15. The molecule has 2 aromatic carbocycles. The topological polar surface area (TPSA) is 97.8 Å². The molecule has 2 fully saturated rings. The Morgan fingerprint density at radius 2 is 1.43 bits per heavy atom. The number of hydrogen-bond acceptors (Lipinski definition) is 6. The Morgan fingerprint density at radius 3 is 2.00 bits per heavy atom. The van der Waals surface area contributed by atoms with Crippen LogP contribution in [0.4, 0.5) is 0 Å². The first-order chi connectivity index (χ1) is 14.4. The molecular weight excluding hydrogens is 404 g/mol. The van der Waals surface area contributed by atoms with E-state index in [-0.39, 0.29) is 23.0 Å². The Hall–Kier alpha value is -2.68. The van der Waals surface area contributed by atoms with E-state index in [1.807, 2.05) is 4.90 Å². The zero-order chi connectivity index (χ0) is 21.0. The number of amides is 1. The summed E-state index contributed by atoms with van der Waals surface area (Å²) < 4.78 is 23.0. The summed E-state index contributed by atoms with van der Waals surface area (Å²) in [6.45, 7) is 1.83. The highest BCUT2D eigenvalue weighted by Gasteiger charge is 2.50. The highest BCUT2D eigenvalue weighted by molar-refractivity contribution is 7.80. The molecule has 1 heterocycles. The number of hydrogen-bond donors (Lipinski definition) is 0. The van der Waals surface area contributed by atoms with Crippen LogP contribution in [-0.4, -0.2) is 67.1 Å². The highest BCUT2D eigenvalue weighted by Crippen LogP contribution is 2.44. The van der Waals surface area contributed by atoms with E-state index in [2.05, 4.69) is 0 Å². The number of benzene rings is 2. The molecule has 1 saturated carbocycles. The number of nitrogens with zero attached hydrogens (tertiary/aromatic N) is 2. The largest absolute Gasteiger partial charge is 0.771 e. The van der Waals surface area contributed by atoms with Crippen LogP contribution in [0.2, 0.25) is 0 Å². The van der Waals surface area contributed by atoms with Gasteiger partial charge in [-0.2, -0.15) is 0 Å². The van der Waals surface area contributed by atoms with Crippen molar-refractivity contribution in [1.82, 2.24) is 9.80 Å². The summed E-state index contributed by atoms with van der Waals surface area (Å²) in [5, 5.41) is 0. The molecule has 0 aromatic heterocycles. The van der Waals surface area contributed by atoms with Crippen molar-refractivity contribution in [3.8, 4) is 0 Å². The Balaban J connectivity index is 1.36. The maximum atomic E-state index is 13.0. The Bertz CT molecular complexity index is 1120. The maximum absolute atomic E-state index is 13.0. The van der Waals surface area contributed by atoms with Crippen molar-refractivity contribution < 1.29 is 23.1 Å². The van der Waals surface area contributed by atoms with Crippen molar-refractivity contribution in [1.29, 1.82) is 0 Å². The smallest absolute Gasteiger partial charge is 0.253 e. The van der Waals surface area contributed by atoms with Crippen molar-refractivity contribution in [3.63, 3.8) is 0 Å². The number of rotatable bonds is 3. The van der Waals surface area contributed by atoms with Gasteiger partial charge in [-0.25, -0.2) is 0 Å². The number of fused-ring (bicyclic) bond motifs is 2. The van der Waals surface area contributed by atoms with Crippen molar-refractivity contribution in [2.75, 3.05) is 26.2 Å². The van der Waals surface area contributed by atoms with E-state index in [9.17, 15) is 23.1 Å². The third-order valence-corrected chi connectivity index (χ3v) is 7.59. The van der Waals surface area contributed by atoms with E-state index < -0.39 is 16.0 Å². The van der Waals surface area contributed by atoms with E-state index in [0.29, 0.717) is 61.3 Å². The number of ketones is 2. The first kappa shape index (κ1) is 19.3. The lowest BCUT2D eigenvalue weighted by Gasteiger charge is -2.40. The average Bonchev–Trinajstić information content (AvgIpc) is 3.59.